The molecule has 1 atom stereocenters. The molecule has 0 bridgehead atoms. The van der Waals surface area contributed by atoms with Crippen molar-refractivity contribution in [3.05, 3.63) is 59.7 Å². The summed E-state index contributed by atoms with van der Waals surface area (Å²) < 4.78 is 5.25. The number of thiol groups is 1. The fourth-order valence-corrected chi connectivity index (χ4v) is 2.87. The van der Waals surface area contributed by atoms with Crippen molar-refractivity contribution in [3.8, 4) is 11.1 Å². The first-order valence-corrected chi connectivity index (χ1v) is 7.43. The second-order valence-corrected chi connectivity index (χ2v) is 5.68. The van der Waals surface area contributed by atoms with Gasteiger partial charge in [0.15, 0.2) is 5.25 Å². The zero-order chi connectivity index (χ0) is 15.7. The van der Waals surface area contributed by atoms with Gasteiger partial charge in [-0.1, -0.05) is 48.5 Å². The quantitative estimate of drug-likeness (QED) is 0.516. The van der Waals surface area contributed by atoms with E-state index in [0.717, 1.165) is 22.3 Å². The van der Waals surface area contributed by atoms with Crippen molar-refractivity contribution in [2.24, 2.45) is 5.73 Å². The zero-order valence-corrected chi connectivity index (χ0v) is 12.6. The Labute approximate surface area is 133 Å². The second kappa shape index (κ2) is 5.85. The van der Waals surface area contributed by atoms with Gasteiger partial charge in [-0.3, -0.25) is 9.59 Å². The fraction of sp³-hybridized carbons (Fsp3) is 0.176. The van der Waals surface area contributed by atoms with Crippen LogP contribution < -0.4 is 5.73 Å². The lowest BCUT2D eigenvalue weighted by Crippen LogP contribution is -2.33. The van der Waals surface area contributed by atoms with Crippen LogP contribution in [-0.2, 0) is 14.3 Å². The van der Waals surface area contributed by atoms with Gasteiger partial charge in [0.05, 0.1) is 0 Å². The van der Waals surface area contributed by atoms with Crippen molar-refractivity contribution in [1.29, 1.82) is 0 Å². The average molecular weight is 313 g/mol. The van der Waals surface area contributed by atoms with Crippen LogP contribution in [0.15, 0.2) is 48.5 Å². The van der Waals surface area contributed by atoms with E-state index in [0.29, 0.717) is 0 Å². The highest BCUT2D eigenvalue weighted by molar-refractivity contribution is 7.82. The van der Waals surface area contributed by atoms with Crippen LogP contribution >= 0.6 is 12.6 Å². The maximum Gasteiger partial charge on any atom is 0.328 e. The summed E-state index contributed by atoms with van der Waals surface area (Å²) in [5.41, 5.74) is 9.59. The molecule has 0 saturated carbocycles. The van der Waals surface area contributed by atoms with Gasteiger partial charge in [-0.25, -0.2) is 0 Å². The van der Waals surface area contributed by atoms with Gasteiger partial charge in [-0.2, -0.15) is 12.6 Å². The Hall–Kier alpha value is -2.27. The Morgan fingerprint density at radius 3 is 2.05 bits per heavy atom. The Kier molecular flexibility index (Phi) is 3.90. The van der Waals surface area contributed by atoms with Gasteiger partial charge in [0.2, 0.25) is 5.91 Å². The molecule has 0 radical (unpaired) electrons. The number of hydrogen-bond donors (Lipinski definition) is 2. The lowest BCUT2D eigenvalue weighted by Gasteiger charge is -2.15. The number of hydrogen-bond acceptors (Lipinski definition) is 4. The molecule has 4 nitrogen and oxygen atoms in total. The molecule has 22 heavy (non-hydrogen) atoms. The topological polar surface area (TPSA) is 69.4 Å². The van der Waals surface area contributed by atoms with Gasteiger partial charge in [-0.15, -0.1) is 0 Å². The molecular formula is C17H15NO3S. The van der Waals surface area contributed by atoms with Crippen LogP contribution in [0.2, 0.25) is 0 Å². The van der Waals surface area contributed by atoms with E-state index in [9.17, 15) is 9.59 Å². The monoisotopic (exact) mass is 313 g/mol. The van der Waals surface area contributed by atoms with Gasteiger partial charge < -0.3 is 10.5 Å². The number of benzene rings is 2. The molecule has 2 aromatic carbocycles. The van der Waals surface area contributed by atoms with Gasteiger partial charge >= 0.3 is 5.97 Å². The van der Waals surface area contributed by atoms with Gasteiger partial charge in [-0.05, 0) is 22.3 Å². The van der Waals surface area contributed by atoms with Gasteiger partial charge in [0.25, 0.3) is 0 Å². The molecule has 0 fully saturated rings. The largest absolute Gasteiger partial charge is 0.463 e. The van der Waals surface area contributed by atoms with E-state index in [1.165, 1.54) is 0 Å². The number of carbonyl (C=O) groups is 2. The Morgan fingerprint density at radius 1 is 1.05 bits per heavy atom. The van der Waals surface area contributed by atoms with E-state index in [-0.39, 0.29) is 12.5 Å². The number of amides is 1. The van der Waals surface area contributed by atoms with E-state index in [2.05, 4.69) is 24.8 Å². The summed E-state index contributed by atoms with van der Waals surface area (Å²) in [6, 6.07) is 16.1. The predicted octanol–water partition coefficient (Wildman–Crippen LogP) is 2.13. The van der Waals surface area contributed by atoms with E-state index >= 15 is 0 Å². The molecule has 0 spiro atoms. The van der Waals surface area contributed by atoms with Crippen LogP contribution in [0.4, 0.5) is 0 Å². The lowest BCUT2D eigenvalue weighted by atomic mass is 9.98. The molecule has 1 aliphatic rings. The maximum atomic E-state index is 11.8. The number of carbonyl (C=O) groups excluding carboxylic acids is 2. The van der Waals surface area contributed by atoms with Crippen molar-refractivity contribution in [2.45, 2.75) is 11.2 Å². The van der Waals surface area contributed by atoms with Crippen molar-refractivity contribution in [2.75, 3.05) is 6.61 Å². The molecule has 1 amide bonds. The Balaban J connectivity index is 1.85. The highest BCUT2D eigenvalue weighted by Gasteiger charge is 2.30. The number of rotatable bonds is 4. The Bertz CT molecular complexity index is 699. The summed E-state index contributed by atoms with van der Waals surface area (Å²) in [6.07, 6.45) is 0. The second-order valence-electron chi connectivity index (χ2n) is 5.16. The molecule has 1 aliphatic carbocycles. The number of primary amides is 1. The Morgan fingerprint density at radius 2 is 1.55 bits per heavy atom. The first kappa shape index (κ1) is 14.7. The third-order valence-corrected chi connectivity index (χ3v) is 4.31. The molecule has 0 aliphatic heterocycles. The fourth-order valence-electron chi connectivity index (χ4n) is 2.80. The van der Waals surface area contributed by atoms with E-state index in [1.54, 1.807) is 0 Å². The SMILES string of the molecule is NC(=O)C(S)C(=O)OCC1c2ccccc2-c2ccccc21. The third-order valence-electron chi connectivity index (χ3n) is 3.85. The van der Waals surface area contributed by atoms with Crippen molar-refractivity contribution in [1.82, 2.24) is 0 Å². The first-order valence-electron chi connectivity index (χ1n) is 6.92. The van der Waals surface area contributed by atoms with Crippen LogP contribution in [0.3, 0.4) is 0 Å². The first-order chi connectivity index (χ1) is 10.6. The summed E-state index contributed by atoms with van der Waals surface area (Å²) in [5, 5.41) is -1.23. The number of ether oxygens (including phenoxy) is 1. The minimum absolute atomic E-state index is 0.0373. The normalized spacial score (nSPS) is 14.0. The summed E-state index contributed by atoms with van der Waals surface area (Å²) >= 11 is 3.86. The standard InChI is InChI=1S/C17H15NO3S/c18-16(19)15(22)17(20)21-9-14-12-7-3-1-5-10(12)11-6-2-4-8-13(11)14/h1-8,14-15,22H,9H2,(H2,18,19). The molecule has 2 aromatic rings. The minimum atomic E-state index is -1.23. The summed E-state index contributed by atoms with van der Waals surface area (Å²) in [4.78, 5) is 22.7. The van der Waals surface area contributed by atoms with Gasteiger partial charge in [0, 0.05) is 5.92 Å². The molecule has 112 valence electrons. The molecule has 0 aromatic heterocycles. The molecule has 1 unspecified atom stereocenters. The van der Waals surface area contributed by atoms with E-state index in [4.69, 9.17) is 10.5 Å². The van der Waals surface area contributed by atoms with Crippen LogP contribution in [0, 0.1) is 0 Å². The summed E-state index contributed by atoms with van der Waals surface area (Å²) in [6.45, 7) is 0.164. The lowest BCUT2D eigenvalue weighted by molar-refractivity contribution is -0.145. The third kappa shape index (κ3) is 2.48. The van der Waals surface area contributed by atoms with Gasteiger partial charge in [0.1, 0.15) is 6.61 Å². The van der Waals surface area contributed by atoms with Crippen LogP contribution in [-0.4, -0.2) is 23.7 Å². The van der Waals surface area contributed by atoms with Crippen LogP contribution in [0.5, 0.6) is 0 Å². The van der Waals surface area contributed by atoms with Crippen molar-refractivity contribution in [3.63, 3.8) is 0 Å². The van der Waals surface area contributed by atoms with Crippen molar-refractivity contribution < 1.29 is 14.3 Å². The maximum absolute atomic E-state index is 11.8. The summed E-state index contributed by atoms with van der Waals surface area (Å²) in [7, 11) is 0. The van der Waals surface area contributed by atoms with E-state index < -0.39 is 17.1 Å². The molecule has 0 saturated heterocycles. The molecular weight excluding hydrogens is 298 g/mol. The van der Waals surface area contributed by atoms with Crippen LogP contribution in [0.25, 0.3) is 11.1 Å². The molecule has 3 rings (SSSR count). The number of nitrogens with two attached hydrogens (primary N) is 1. The molecule has 0 heterocycles. The smallest absolute Gasteiger partial charge is 0.328 e. The summed E-state index contributed by atoms with van der Waals surface area (Å²) in [5.74, 6) is -1.55. The van der Waals surface area contributed by atoms with E-state index in [1.807, 2.05) is 36.4 Å². The highest BCUT2D eigenvalue weighted by atomic mass is 32.1. The minimum Gasteiger partial charge on any atom is -0.463 e. The predicted molar refractivity (Wildman–Crippen MR) is 86.6 cm³/mol. The van der Waals surface area contributed by atoms with Crippen LogP contribution in [0.1, 0.15) is 17.0 Å². The molecule has 5 heteroatoms. The highest BCUT2D eigenvalue weighted by Crippen LogP contribution is 2.44. The zero-order valence-electron chi connectivity index (χ0n) is 11.7. The van der Waals surface area contributed by atoms with Crippen molar-refractivity contribution >= 4 is 24.5 Å². The average Bonchev–Trinajstić information content (AvgIpc) is 2.86. The number of fused-ring (bicyclic) bond motifs is 3. The molecule has 2 N–H and O–H groups in total. The number of esters is 1.